The van der Waals surface area contributed by atoms with Gasteiger partial charge in [0.2, 0.25) is 0 Å². The Morgan fingerprint density at radius 2 is 2.00 bits per heavy atom. The van der Waals surface area contributed by atoms with Gasteiger partial charge in [0.25, 0.3) is 0 Å². The van der Waals surface area contributed by atoms with E-state index in [1.54, 1.807) is 6.92 Å². The van der Waals surface area contributed by atoms with Crippen LogP contribution in [0.25, 0.3) is 0 Å². The van der Waals surface area contributed by atoms with E-state index < -0.39 is 11.5 Å². The number of carboxylic acids is 1. The van der Waals surface area contributed by atoms with Crippen LogP contribution >= 0.6 is 0 Å². The van der Waals surface area contributed by atoms with Crippen molar-refractivity contribution < 1.29 is 14.6 Å². The molecule has 0 saturated heterocycles. The maximum Gasteiger partial charge on any atom is 0.323 e. The third-order valence-electron chi connectivity index (χ3n) is 3.83. The molecular formula is C13H23NO3. The highest BCUT2D eigenvalue weighted by molar-refractivity contribution is 5.78. The lowest BCUT2D eigenvalue weighted by Crippen LogP contribution is -2.51. The van der Waals surface area contributed by atoms with E-state index in [0.717, 1.165) is 25.7 Å². The van der Waals surface area contributed by atoms with Crippen LogP contribution < -0.4 is 5.32 Å². The lowest BCUT2D eigenvalue weighted by atomic mass is 9.98. The smallest absolute Gasteiger partial charge is 0.323 e. The van der Waals surface area contributed by atoms with Gasteiger partial charge in [0.15, 0.2) is 0 Å². The highest BCUT2D eigenvalue weighted by Crippen LogP contribution is 2.25. The predicted molar refractivity (Wildman–Crippen MR) is 65.0 cm³/mol. The maximum atomic E-state index is 11.3. The molecule has 2 N–H and O–H groups in total. The fraction of sp³-hybridized carbons (Fsp3) is 0.923. The topological polar surface area (TPSA) is 58.6 Å². The molecule has 0 radical (unpaired) electrons. The van der Waals surface area contributed by atoms with Gasteiger partial charge in [-0.15, -0.1) is 0 Å². The molecule has 2 aliphatic carbocycles. The minimum atomic E-state index is -0.820. The Kier molecular flexibility index (Phi) is 4.05. The third-order valence-corrected chi connectivity index (χ3v) is 3.83. The number of carbonyl (C=O) groups is 1. The fourth-order valence-corrected chi connectivity index (χ4v) is 2.40. The summed E-state index contributed by atoms with van der Waals surface area (Å²) < 4.78 is 5.75. The quantitative estimate of drug-likeness (QED) is 0.715. The van der Waals surface area contributed by atoms with Crippen LogP contribution in [0.4, 0.5) is 0 Å². The molecule has 2 rings (SSSR count). The highest BCUT2D eigenvalue weighted by atomic mass is 16.5. The first-order chi connectivity index (χ1) is 8.10. The molecule has 0 amide bonds. The van der Waals surface area contributed by atoms with Crippen LogP contribution in [0.15, 0.2) is 0 Å². The maximum absolute atomic E-state index is 11.3. The van der Waals surface area contributed by atoms with Crippen molar-refractivity contribution in [1.29, 1.82) is 0 Å². The third kappa shape index (κ3) is 3.68. The molecule has 1 atom stereocenters. The molecule has 0 bridgehead atoms. The Hall–Kier alpha value is -0.610. The number of hydrogen-bond acceptors (Lipinski definition) is 3. The fourth-order valence-electron chi connectivity index (χ4n) is 2.40. The molecule has 0 aromatic rings. The summed E-state index contributed by atoms with van der Waals surface area (Å²) in [6, 6.07) is 0.405. The van der Waals surface area contributed by atoms with Gasteiger partial charge >= 0.3 is 5.97 Å². The molecule has 0 spiro atoms. The van der Waals surface area contributed by atoms with E-state index in [1.807, 2.05) is 0 Å². The molecule has 17 heavy (non-hydrogen) atoms. The molecule has 0 heterocycles. The highest BCUT2D eigenvalue weighted by Gasteiger charge is 2.38. The Balaban J connectivity index is 1.73. The van der Waals surface area contributed by atoms with Crippen molar-refractivity contribution in [2.75, 3.05) is 6.61 Å². The van der Waals surface area contributed by atoms with Gasteiger partial charge < -0.3 is 9.84 Å². The molecule has 2 fully saturated rings. The van der Waals surface area contributed by atoms with E-state index in [4.69, 9.17) is 4.74 Å². The number of carboxylic acid groups (broad SMARTS) is 1. The van der Waals surface area contributed by atoms with Gasteiger partial charge in [0.1, 0.15) is 5.54 Å². The molecular weight excluding hydrogens is 218 g/mol. The summed E-state index contributed by atoms with van der Waals surface area (Å²) in [6.45, 7) is 2.32. The van der Waals surface area contributed by atoms with E-state index in [1.165, 1.54) is 12.8 Å². The van der Waals surface area contributed by atoms with Gasteiger partial charge in [0.05, 0.1) is 6.10 Å². The molecule has 4 nitrogen and oxygen atoms in total. The van der Waals surface area contributed by atoms with Crippen molar-refractivity contribution in [2.24, 2.45) is 0 Å². The van der Waals surface area contributed by atoms with Gasteiger partial charge in [-0.1, -0.05) is 12.8 Å². The average Bonchev–Trinajstić information content (AvgIpc) is 2.93. The van der Waals surface area contributed by atoms with E-state index in [-0.39, 0.29) is 0 Å². The Labute approximate surface area is 103 Å². The number of aliphatic carboxylic acids is 1. The summed E-state index contributed by atoms with van der Waals surface area (Å²) >= 11 is 0. The molecule has 0 aromatic carbocycles. The lowest BCUT2D eigenvalue weighted by molar-refractivity contribution is -0.145. The van der Waals surface area contributed by atoms with Crippen molar-refractivity contribution in [3.63, 3.8) is 0 Å². The molecule has 0 aliphatic heterocycles. The van der Waals surface area contributed by atoms with Crippen LogP contribution in [0.3, 0.4) is 0 Å². The summed E-state index contributed by atoms with van der Waals surface area (Å²) in [5.74, 6) is -0.764. The first kappa shape index (κ1) is 12.8. The van der Waals surface area contributed by atoms with Gasteiger partial charge in [0, 0.05) is 12.6 Å². The Morgan fingerprint density at radius 1 is 1.35 bits per heavy atom. The number of rotatable bonds is 7. The Bertz CT molecular complexity index is 272. The monoisotopic (exact) mass is 241 g/mol. The van der Waals surface area contributed by atoms with Crippen LogP contribution in [-0.2, 0) is 9.53 Å². The molecule has 2 aliphatic rings. The molecule has 1 unspecified atom stereocenters. The molecule has 98 valence electrons. The summed E-state index contributed by atoms with van der Waals surface area (Å²) in [5, 5.41) is 12.5. The first-order valence-corrected chi connectivity index (χ1v) is 6.73. The second-order valence-electron chi connectivity index (χ2n) is 5.58. The predicted octanol–water partition coefficient (Wildman–Crippen LogP) is 1.93. The number of ether oxygens (including phenoxy) is 1. The zero-order valence-corrected chi connectivity index (χ0v) is 10.6. The summed E-state index contributed by atoms with van der Waals surface area (Å²) in [6.07, 6.45) is 7.91. The average molecular weight is 241 g/mol. The van der Waals surface area contributed by atoms with E-state index in [0.29, 0.717) is 25.2 Å². The van der Waals surface area contributed by atoms with Gasteiger partial charge in [-0.3, -0.25) is 10.1 Å². The number of nitrogens with one attached hydrogen (secondary N) is 1. The van der Waals surface area contributed by atoms with Crippen LogP contribution in [0.1, 0.15) is 51.9 Å². The molecule has 4 heteroatoms. The largest absolute Gasteiger partial charge is 0.480 e. The first-order valence-electron chi connectivity index (χ1n) is 6.73. The normalized spacial score (nSPS) is 24.8. The standard InChI is InChI=1S/C13H23NO3/c1-13(12(15)16,14-10-6-7-10)8-9-17-11-4-2-3-5-11/h10-11,14H,2-9H2,1H3,(H,15,16). The van der Waals surface area contributed by atoms with Crippen LogP contribution in [0, 0.1) is 0 Å². The van der Waals surface area contributed by atoms with Crippen molar-refractivity contribution in [3.05, 3.63) is 0 Å². The van der Waals surface area contributed by atoms with Crippen molar-refractivity contribution >= 4 is 5.97 Å². The summed E-state index contributed by atoms with van der Waals surface area (Å²) in [7, 11) is 0. The van der Waals surface area contributed by atoms with Crippen molar-refractivity contribution in [3.8, 4) is 0 Å². The molecule has 2 saturated carbocycles. The van der Waals surface area contributed by atoms with Gasteiger partial charge in [-0.25, -0.2) is 0 Å². The van der Waals surface area contributed by atoms with Gasteiger partial charge in [-0.05, 0) is 39.0 Å². The second-order valence-corrected chi connectivity index (χ2v) is 5.58. The number of hydrogen-bond donors (Lipinski definition) is 2. The lowest BCUT2D eigenvalue weighted by Gasteiger charge is -2.27. The van der Waals surface area contributed by atoms with E-state index >= 15 is 0 Å². The minimum absolute atomic E-state index is 0.369. The zero-order valence-electron chi connectivity index (χ0n) is 10.6. The van der Waals surface area contributed by atoms with Crippen LogP contribution in [0.5, 0.6) is 0 Å². The molecule has 0 aromatic heterocycles. The summed E-state index contributed by atoms with van der Waals surface area (Å²) in [5.41, 5.74) is -0.820. The van der Waals surface area contributed by atoms with Crippen molar-refractivity contribution in [1.82, 2.24) is 5.32 Å². The van der Waals surface area contributed by atoms with Gasteiger partial charge in [-0.2, -0.15) is 0 Å². The van der Waals surface area contributed by atoms with E-state index in [2.05, 4.69) is 5.32 Å². The second kappa shape index (κ2) is 5.36. The van der Waals surface area contributed by atoms with Crippen LogP contribution in [-0.4, -0.2) is 35.4 Å². The minimum Gasteiger partial charge on any atom is -0.480 e. The summed E-state index contributed by atoms with van der Waals surface area (Å²) in [4.78, 5) is 11.3. The SMILES string of the molecule is CC(CCOC1CCCC1)(NC1CC1)C(=O)O. The zero-order chi connectivity index (χ0) is 12.3. The van der Waals surface area contributed by atoms with Crippen LogP contribution in [0.2, 0.25) is 0 Å². The van der Waals surface area contributed by atoms with E-state index in [9.17, 15) is 9.90 Å². The van der Waals surface area contributed by atoms with Crippen molar-refractivity contribution in [2.45, 2.75) is 69.6 Å². The Morgan fingerprint density at radius 3 is 2.53 bits per heavy atom.